The molecule has 0 aromatic heterocycles. The fourth-order valence-corrected chi connectivity index (χ4v) is 3.05. The van der Waals surface area contributed by atoms with Gasteiger partial charge in [-0.15, -0.1) is 0 Å². The van der Waals surface area contributed by atoms with E-state index in [4.69, 9.17) is 15.8 Å². The monoisotopic (exact) mass is 329 g/mol. The number of rotatable bonds is 11. The average molecular weight is 329 g/mol. The van der Waals surface area contributed by atoms with Crippen molar-refractivity contribution in [3.63, 3.8) is 0 Å². The molecule has 134 valence electrons. The largest absolute Gasteiger partial charge is 0.480 e. The summed E-state index contributed by atoms with van der Waals surface area (Å²) in [7, 11) is -1.33. The third-order valence-electron chi connectivity index (χ3n) is 4.77. The van der Waals surface area contributed by atoms with Crippen molar-refractivity contribution in [1.82, 2.24) is 9.80 Å². The molecule has 1 unspecified atom stereocenters. The van der Waals surface area contributed by atoms with E-state index in [1.807, 2.05) is 0 Å². The van der Waals surface area contributed by atoms with Crippen molar-refractivity contribution < 1.29 is 19.9 Å². The highest BCUT2D eigenvalue weighted by Crippen LogP contribution is 2.20. The van der Waals surface area contributed by atoms with Gasteiger partial charge >= 0.3 is 13.1 Å². The zero-order valence-corrected chi connectivity index (χ0v) is 14.3. The standard InChI is InChI=1S/C15H32BN3O4/c1-2-18-10-12-19(13-11-18)9-5-7-15(17,14(20)21)6-3-4-8-16(22)23/h22-23H,2-13,17H2,1H3,(H,20,21). The average Bonchev–Trinajstić information content (AvgIpc) is 2.52. The molecule has 1 rings (SSSR count). The van der Waals surface area contributed by atoms with Crippen LogP contribution in [0.3, 0.4) is 0 Å². The van der Waals surface area contributed by atoms with E-state index in [1.165, 1.54) is 0 Å². The van der Waals surface area contributed by atoms with Gasteiger partial charge < -0.3 is 30.7 Å². The van der Waals surface area contributed by atoms with Gasteiger partial charge in [-0.05, 0) is 38.7 Å². The second kappa shape index (κ2) is 10.3. The fourth-order valence-electron chi connectivity index (χ4n) is 3.05. The van der Waals surface area contributed by atoms with Crippen LogP contribution in [0.15, 0.2) is 0 Å². The minimum absolute atomic E-state index is 0.261. The van der Waals surface area contributed by atoms with Gasteiger partial charge in [0, 0.05) is 26.2 Å². The van der Waals surface area contributed by atoms with Crippen LogP contribution in [-0.2, 0) is 4.79 Å². The third kappa shape index (κ3) is 7.63. The molecule has 7 nitrogen and oxygen atoms in total. The summed E-state index contributed by atoms with van der Waals surface area (Å²) in [5.41, 5.74) is 4.86. The van der Waals surface area contributed by atoms with Gasteiger partial charge in [-0.2, -0.15) is 0 Å². The zero-order chi connectivity index (χ0) is 17.3. The van der Waals surface area contributed by atoms with E-state index in [0.29, 0.717) is 25.7 Å². The van der Waals surface area contributed by atoms with E-state index in [9.17, 15) is 9.90 Å². The fraction of sp³-hybridized carbons (Fsp3) is 0.933. The van der Waals surface area contributed by atoms with Crippen molar-refractivity contribution >= 4 is 13.1 Å². The van der Waals surface area contributed by atoms with Crippen LogP contribution in [0.4, 0.5) is 0 Å². The first kappa shape index (κ1) is 20.4. The molecular formula is C15H32BN3O4. The second-order valence-electron chi connectivity index (χ2n) is 6.57. The number of hydrogen-bond donors (Lipinski definition) is 4. The van der Waals surface area contributed by atoms with Gasteiger partial charge in [0.25, 0.3) is 0 Å². The lowest BCUT2D eigenvalue weighted by Gasteiger charge is -2.34. The first-order valence-electron chi connectivity index (χ1n) is 8.70. The van der Waals surface area contributed by atoms with E-state index in [1.54, 1.807) is 0 Å². The summed E-state index contributed by atoms with van der Waals surface area (Å²) in [5.74, 6) is -0.960. The third-order valence-corrected chi connectivity index (χ3v) is 4.77. The zero-order valence-electron chi connectivity index (χ0n) is 14.3. The summed E-state index contributed by atoms with van der Waals surface area (Å²) in [6, 6.07) is 0. The number of hydrogen-bond acceptors (Lipinski definition) is 6. The molecule has 1 fully saturated rings. The maximum Gasteiger partial charge on any atom is 0.451 e. The maximum absolute atomic E-state index is 11.5. The molecular weight excluding hydrogens is 297 g/mol. The number of nitrogens with zero attached hydrogens (tertiary/aromatic N) is 2. The van der Waals surface area contributed by atoms with Crippen LogP contribution in [0.5, 0.6) is 0 Å². The van der Waals surface area contributed by atoms with Crippen LogP contribution in [0.1, 0.15) is 39.0 Å². The molecule has 0 aromatic carbocycles. The summed E-state index contributed by atoms with van der Waals surface area (Å²) in [6.45, 7) is 8.36. The highest BCUT2D eigenvalue weighted by molar-refractivity contribution is 6.40. The molecule has 5 N–H and O–H groups in total. The number of piperazine rings is 1. The first-order valence-corrected chi connectivity index (χ1v) is 8.70. The number of likely N-dealkylation sites (N-methyl/N-ethyl adjacent to an activating group) is 1. The minimum atomic E-state index is -1.33. The van der Waals surface area contributed by atoms with Gasteiger partial charge in [-0.25, -0.2) is 0 Å². The smallest absolute Gasteiger partial charge is 0.451 e. The van der Waals surface area contributed by atoms with Crippen molar-refractivity contribution in [2.45, 2.75) is 50.9 Å². The summed E-state index contributed by atoms with van der Waals surface area (Å²) in [4.78, 5) is 16.3. The molecule has 0 radical (unpaired) electrons. The Morgan fingerprint density at radius 1 is 1.09 bits per heavy atom. The summed E-state index contributed by atoms with van der Waals surface area (Å²) >= 11 is 0. The van der Waals surface area contributed by atoms with Crippen LogP contribution < -0.4 is 5.73 Å². The van der Waals surface area contributed by atoms with Crippen LogP contribution in [-0.4, -0.2) is 82.8 Å². The van der Waals surface area contributed by atoms with Crippen LogP contribution in [0.25, 0.3) is 0 Å². The highest BCUT2D eigenvalue weighted by atomic mass is 16.4. The van der Waals surface area contributed by atoms with E-state index in [2.05, 4.69) is 16.7 Å². The molecule has 23 heavy (non-hydrogen) atoms. The van der Waals surface area contributed by atoms with Crippen molar-refractivity contribution in [1.29, 1.82) is 0 Å². The molecule has 0 saturated carbocycles. The van der Waals surface area contributed by atoms with Crippen LogP contribution in [0, 0.1) is 0 Å². The number of carbonyl (C=O) groups is 1. The van der Waals surface area contributed by atoms with Crippen molar-refractivity contribution in [2.24, 2.45) is 5.73 Å². The SMILES string of the molecule is CCN1CCN(CCCC(N)(CCCCB(O)O)C(=O)O)CC1. The minimum Gasteiger partial charge on any atom is -0.480 e. The van der Waals surface area contributed by atoms with Gasteiger partial charge in [-0.3, -0.25) is 4.79 Å². The number of aliphatic carboxylic acids is 1. The second-order valence-corrected chi connectivity index (χ2v) is 6.57. The summed E-state index contributed by atoms with van der Waals surface area (Å²) in [5, 5.41) is 27.0. The van der Waals surface area contributed by atoms with E-state index in [0.717, 1.165) is 45.7 Å². The number of carboxylic acids is 1. The number of unbranched alkanes of at least 4 members (excludes halogenated alkanes) is 1. The van der Waals surface area contributed by atoms with Crippen molar-refractivity contribution in [3.05, 3.63) is 0 Å². The maximum atomic E-state index is 11.5. The first-order chi connectivity index (χ1) is 10.9. The lowest BCUT2D eigenvalue weighted by molar-refractivity contribution is -0.144. The van der Waals surface area contributed by atoms with E-state index < -0.39 is 18.6 Å². The van der Waals surface area contributed by atoms with Crippen molar-refractivity contribution in [2.75, 3.05) is 39.3 Å². The van der Waals surface area contributed by atoms with Gasteiger partial charge in [0.1, 0.15) is 5.54 Å². The lowest BCUT2D eigenvalue weighted by atomic mass is 9.81. The van der Waals surface area contributed by atoms with Crippen LogP contribution in [0.2, 0.25) is 6.32 Å². The van der Waals surface area contributed by atoms with Gasteiger partial charge in [0.2, 0.25) is 0 Å². The normalized spacial score (nSPS) is 19.5. The molecule has 0 amide bonds. The summed E-state index contributed by atoms with van der Waals surface area (Å²) < 4.78 is 0. The molecule has 8 heteroatoms. The van der Waals surface area contributed by atoms with Gasteiger partial charge in [0.15, 0.2) is 0 Å². The number of nitrogens with two attached hydrogens (primary N) is 1. The molecule has 1 saturated heterocycles. The van der Waals surface area contributed by atoms with Crippen LogP contribution >= 0.6 is 0 Å². The Bertz CT molecular complexity index is 352. The lowest BCUT2D eigenvalue weighted by Crippen LogP contribution is -2.49. The molecule has 0 spiro atoms. The Morgan fingerprint density at radius 3 is 2.17 bits per heavy atom. The molecule has 0 aliphatic carbocycles. The quantitative estimate of drug-likeness (QED) is 0.308. The predicted molar refractivity (Wildman–Crippen MR) is 91.2 cm³/mol. The van der Waals surface area contributed by atoms with Gasteiger partial charge in [0.05, 0.1) is 0 Å². The Balaban J connectivity index is 2.28. The molecule has 1 aliphatic heterocycles. The highest BCUT2D eigenvalue weighted by Gasteiger charge is 2.33. The Labute approximate surface area is 139 Å². The Kier molecular flexibility index (Phi) is 9.08. The number of carboxylic acid groups (broad SMARTS) is 1. The molecule has 1 aliphatic rings. The Hall–Kier alpha value is -0.665. The molecule has 0 bridgehead atoms. The van der Waals surface area contributed by atoms with E-state index in [-0.39, 0.29) is 6.32 Å². The predicted octanol–water partition coefficient (Wildman–Crippen LogP) is -0.171. The van der Waals surface area contributed by atoms with Gasteiger partial charge in [-0.1, -0.05) is 19.8 Å². The summed E-state index contributed by atoms with van der Waals surface area (Å²) in [6.07, 6.45) is 3.03. The topological polar surface area (TPSA) is 110 Å². The molecule has 1 atom stereocenters. The van der Waals surface area contributed by atoms with Crippen molar-refractivity contribution in [3.8, 4) is 0 Å². The molecule has 1 heterocycles. The molecule has 0 aromatic rings. The van der Waals surface area contributed by atoms with E-state index >= 15 is 0 Å². The Morgan fingerprint density at radius 2 is 1.65 bits per heavy atom.